The number of pyridine rings is 1. The minimum atomic E-state index is -2.07. The highest BCUT2D eigenvalue weighted by molar-refractivity contribution is 7.61. The van der Waals surface area contributed by atoms with Gasteiger partial charge in [0.2, 0.25) is 0 Å². The Balaban J connectivity index is 1.70. The average Bonchev–Trinajstić information content (AvgIpc) is 2.74. The fourth-order valence-corrected chi connectivity index (χ4v) is 4.84. The molecule has 0 amide bonds. The fraction of sp³-hybridized carbons (Fsp3) is 0.0833. The van der Waals surface area contributed by atoms with E-state index >= 15 is 0 Å². The molecule has 0 aliphatic rings. The number of fused-ring (bicyclic) bond motifs is 1. The van der Waals surface area contributed by atoms with Crippen LogP contribution in [0.2, 0.25) is 0 Å². The SMILES string of the molecule is Cc1nc2ccccc2c(C)c1C(=O)c1ccc([PH](=O)c2ccccc2)cc1. The maximum Gasteiger partial charge on any atom is 0.195 e. The molecule has 0 fully saturated rings. The standard InChI is InChI=1S/C24H20NO2P/c1-16-21-10-6-7-11-22(21)25-17(2)23(16)24(26)18-12-14-20(15-13-18)28(27)19-8-4-3-5-9-19/h3-15,28H,1-2H3. The lowest BCUT2D eigenvalue weighted by Gasteiger charge is -2.12. The molecule has 0 spiro atoms. The molecule has 1 heterocycles. The third kappa shape index (κ3) is 3.30. The smallest absolute Gasteiger partial charge is 0.195 e. The molecule has 1 atom stereocenters. The van der Waals surface area contributed by atoms with Crippen LogP contribution < -0.4 is 10.6 Å². The second-order valence-electron chi connectivity index (χ2n) is 6.82. The van der Waals surface area contributed by atoms with Crippen molar-refractivity contribution >= 4 is 35.1 Å². The first-order valence-electron chi connectivity index (χ1n) is 9.16. The molecule has 4 heteroatoms. The summed E-state index contributed by atoms with van der Waals surface area (Å²) in [6.45, 7) is 3.84. The van der Waals surface area contributed by atoms with Gasteiger partial charge in [0.15, 0.2) is 5.78 Å². The first-order chi connectivity index (χ1) is 13.6. The summed E-state index contributed by atoms with van der Waals surface area (Å²) in [5.74, 6) is -0.0563. The van der Waals surface area contributed by atoms with Crippen molar-refractivity contribution in [2.45, 2.75) is 13.8 Å². The minimum Gasteiger partial charge on any atom is -0.317 e. The first kappa shape index (κ1) is 18.3. The number of nitrogens with zero attached hydrogens (tertiary/aromatic N) is 1. The zero-order valence-corrected chi connectivity index (χ0v) is 16.8. The van der Waals surface area contributed by atoms with Crippen LogP contribution in [-0.2, 0) is 4.57 Å². The molecule has 0 radical (unpaired) electrons. The molecule has 4 rings (SSSR count). The minimum absolute atomic E-state index is 0.0563. The lowest BCUT2D eigenvalue weighted by Crippen LogP contribution is -2.11. The molecule has 0 aliphatic heterocycles. The Hall–Kier alpha value is -3.03. The van der Waals surface area contributed by atoms with Gasteiger partial charge < -0.3 is 4.57 Å². The molecule has 3 nitrogen and oxygen atoms in total. The number of carbonyl (C=O) groups is 1. The molecule has 28 heavy (non-hydrogen) atoms. The zero-order chi connectivity index (χ0) is 19.7. The van der Waals surface area contributed by atoms with Crippen molar-refractivity contribution in [3.63, 3.8) is 0 Å². The highest BCUT2D eigenvalue weighted by Crippen LogP contribution is 2.25. The van der Waals surface area contributed by atoms with Gasteiger partial charge in [-0.05, 0) is 25.5 Å². The summed E-state index contributed by atoms with van der Waals surface area (Å²) < 4.78 is 12.7. The number of aromatic nitrogens is 1. The Bertz CT molecular complexity index is 1200. The van der Waals surface area contributed by atoms with Crippen LogP contribution in [0.15, 0.2) is 78.9 Å². The molecule has 4 aromatic rings. The molecule has 0 bridgehead atoms. The van der Waals surface area contributed by atoms with E-state index in [0.717, 1.165) is 32.8 Å². The van der Waals surface area contributed by atoms with E-state index < -0.39 is 7.80 Å². The van der Waals surface area contributed by atoms with Gasteiger partial charge >= 0.3 is 0 Å². The van der Waals surface area contributed by atoms with E-state index in [2.05, 4.69) is 4.98 Å². The molecule has 1 unspecified atom stereocenters. The molecular formula is C24H20NO2P. The summed E-state index contributed by atoms with van der Waals surface area (Å²) in [7, 11) is -2.07. The summed E-state index contributed by atoms with van der Waals surface area (Å²) >= 11 is 0. The van der Waals surface area contributed by atoms with Crippen LogP contribution in [0.4, 0.5) is 0 Å². The van der Waals surface area contributed by atoms with Crippen molar-refractivity contribution in [2.24, 2.45) is 0 Å². The van der Waals surface area contributed by atoms with E-state index in [4.69, 9.17) is 0 Å². The predicted octanol–water partition coefficient (Wildman–Crippen LogP) is 4.59. The van der Waals surface area contributed by atoms with E-state index in [1.807, 2.05) is 68.4 Å². The van der Waals surface area contributed by atoms with Crippen LogP contribution in [0.1, 0.15) is 27.2 Å². The van der Waals surface area contributed by atoms with E-state index in [-0.39, 0.29) is 5.78 Å². The third-order valence-corrected chi connectivity index (χ3v) is 6.72. The number of hydrogen-bond donors (Lipinski definition) is 0. The van der Waals surface area contributed by atoms with Crippen LogP contribution >= 0.6 is 7.80 Å². The first-order valence-corrected chi connectivity index (χ1v) is 10.6. The number of carbonyl (C=O) groups excluding carboxylic acids is 1. The molecule has 3 aromatic carbocycles. The van der Waals surface area contributed by atoms with Gasteiger partial charge in [0, 0.05) is 32.8 Å². The number of ketones is 1. The van der Waals surface area contributed by atoms with Crippen molar-refractivity contribution in [1.29, 1.82) is 0 Å². The molecule has 0 saturated carbocycles. The van der Waals surface area contributed by atoms with Crippen LogP contribution in [0.3, 0.4) is 0 Å². The van der Waals surface area contributed by atoms with Gasteiger partial charge in [0.05, 0.1) is 5.52 Å². The predicted molar refractivity (Wildman–Crippen MR) is 116 cm³/mol. The summed E-state index contributed by atoms with van der Waals surface area (Å²) in [5, 5.41) is 2.55. The molecule has 1 aromatic heterocycles. The topological polar surface area (TPSA) is 47.0 Å². The van der Waals surface area contributed by atoms with Gasteiger partial charge in [-0.1, -0.05) is 72.8 Å². The van der Waals surface area contributed by atoms with Crippen molar-refractivity contribution in [2.75, 3.05) is 0 Å². The average molecular weight is 385 g/mol. The molecular weight excluding hydrogens is 365 g/mol. The number of aryl methyl sites for hydroxylation is 2. The van der Waals surface area contributed by atoms with Crippen LogP contribution in [0, 0.1) is 13.8 Å². The van der Waals surface area contributed by atoms with E-state index in [1.54, 1.807) is 24.3 Å². The van der Waals surface area contributed by atoms with E-state index in [0.29, 0.717) is 11.1 Å². The van der Waals surface area contributed by atoms with Gasteiger partial charge in [0.25, 0.3) is 0 Å². The van der Waals surface area contributed by atoms with Gasteiger partial charge in [0.1, 0.15) is 7.80 Å². The lowest BCUT2D eigenvalue weighted by molar-refractivity contribution is 0.103. The summed E-state index contributed by atoms with van der Waals surface area (Å²) in [5.41, 5.74) is 3.78. The van der Waals surface area contributed by atoms with Crippen LogP contribution in [0.5, 0.6) is 0 Å². The van der Waals surface area contributed by atoms with Crippen LogP contribution in [0.25, 0.3) is 10.9 Å². The Kier molecular flexibility index (Phi) is 4.93. The van der Waals surface area contributed by atoms with Crippen LogP contribution in [-0.4, -0.2) is 10.8 Å². The molecule has 0 saturated heterocycles. The number of hydrogen-bond acceptors (Lipinski definition) is 3. The fourth-order valence-electron chi connectivity index (χ4n) is 3.54. The second kappa shape index (κ2) is 7.53. The van der Waals surface area contributed by atoms with Gasteiger partial charge in [-0.2, -0.15) is 0 Å². The highest BCUT2D eigenvalue weighted by Gasteiger charge is 2.18. The Labute approximate surface area is 164 Å². The maximum absolute atomic E-state index is 13.2. The second-order valence-corrected chi connectivity index (χ2v) is 8.63. The highest BCUT2D eigenvalue weighted by atomic mass is 31.1. The summed E-state index contributed by atoms with van der Waals surface area (Å²) in [4.78, 5) is 17.8. The van der Waals surface area contributed by atoms with Crippen molar-refractivity contribution in [3.8, 4) is 0 Å². The molecule has 0 aliphatic carbocycles. The normalized spacial score (nSPS) is 12.1. The monoisotopic (exact) mass is 385 g/mol. The van der Waals surface area contributed by atoms with Crippen molar-refractivity contribution in [1.82, 2.24) is 4.98 Å². The number of benzene rings is 3. The lowest BCUT2D eigenvalue weighted by atomic mass is 9.95. The van der Waals surface area contributed by atoms with Crippen molar-refractivity contribution in [3.05, 3.63) is 101 Å². The Morgan fingerprint density at radius 2 is 1.39 bits per heavy atom. The largest absolute Gasteiger partial charge is 0.317 e. The zero-order valence-electron chi connectivity index (χ0n) is 15.8. The van der Waals surface area contributed by atoms with E-state index in [1.165, 1.54) is 0 Å². The summed E-state index contributed by atoms with van der Waals surface area (Å²) in [6.07, 6.45) is 0. The van der Waals surface area contributed by atoms with Gasteiger partial charge in [-0.3, -0.25) is 9.78 Å². The molecule has 138 valence electrons. The van der Waals surface area contributed by atoms with Gasteiger partial charge in [-0.15, -0.1) is 0 Å². The number of para-hydroxylation sites is 1. The Morgan fingerprint density at radius 3 is 2.11 bits per heavy atom. The maximum atomic E-state index is 13.2. The third-order valence-electron chi connectivity index (χ3n) is 5.01. The molecule has 0 N–H and O–H groups in total. The Morgan fingerprint density at radius 1 is 0.786 bits per heavy atom. The quantitative estimate of drug-likeness (QED) is 0.381. The summed E-state index contributed by atoms with van der Waals surface area (Å²) in [6, 6.07) is 24.4. The van der Waals surface area contributed by atoms with E-state index in [9.17, 15) is 9.36 Å². The van der Waals surface area contributed by atoms with Crippen molar-refractivity contribution < 1.29 is 9.36 Å². The van der Waals surface area contributed by atoms with Gasteiger partial charge in [-0.25, -0.2) is 0 Å². The number of rotatable bonds is 4.